The Morgan fingerprint density at radius 3 is 2.00 bits per heavy atom. The van der Waals surface area contributed by atoms with Gasteiger partial charge >= 0.3 is 0 Å². The van der Waals surface area contributed by atoms with Gasteiger partial charge in [0, 0.05) is 36.2 Å². The summed E-state index contributed by atoms with van der Waals surface area (Å²) in [5.41, 5.74) is 0.0722. The molecule has 2 N–H and O–H groups in total. The largest absolute Gasteiger partial charge is 0.505 e. The van der Waals surface area contributed by atoms with E-state index in [1.54, 1.807) is 36.4 Å². The Hall–Kier alpha value is -2.45. The predicted octanol–water partition coefficient (Wildman–Crippen LogP) is 7.11. The maximum atomic E-state index is 14.0. The molecule has 0 heterocycles. The molecule has 0 aliphatic rings. The maximum absolute atomic E-state index is 14.0. The first-order chi connectivity index (χ1) is 22.0. The standard InChI is InChI=1S/C32H31Cl4FN2O6S2/c1-32(41,20-33)21-39(46(42,43)28-7-3-6-25(34)15-28)19-24-5-2-4-23(14-24)18-38(13-12-22-8-10-27(37)11-9-22)47(44,45)30-17-26(35)16-29(36)31(30)40/h2-11,14-17,40-41H,12-13,18-21H2,1H3. The van der Waals surface area contributed by atoms with Crippen LogP contribution >= 0.6 is 46.4 Å². The third-order valence-electron chi connectivity index (χ3n) is 7.12. The van der Waals surface area contributed by atoms with Gasteiger partial charge in [0.2, 0.25) is 20.0 Å². The number of phenolic OH excluding ortho intramolecular Hbond substituents is 1. The summed E-state index contributed by atoms with van der Waals surface area (Å²) in [4.78, 5) is -0.572. The van der Waals surface area contributed by atoms with Crippen molar-refractivity contribution >= 4 is 66.5 Å². The molecule has 0 aliphatic heterocycles. The molecule has 252 valence electrons. The van der Waals surface area contributed by atoms with Crippen molar-refractivity contribution in [3.63, 3.8) is 0 Å². The van der Waals surface area contributed by atoms with Crippen molar-refractivity contribution in [2.45, 2.75) is 41.8 Å². The Labute approximate surface area is 294 Å². The molecule has 0 spiro atoms. The highest BCUT2D eigenvalue weighted by atomic mass is 35.5. The maximum Gasteiger partial charge on any atom is 0.247 e. The van der Waals surface area contributed by atoms with Crippen molar-refractivity contribution in [1.82, 2.24) is 8.61 Å². The van der Waals surface area contributed by atoms with E-state index in [9.17, 15) is 31.4 Å². The molecule has 0 aliphatic carbocycles. The van der Waals surface area contributed by atoms with Gasteiger partial charge in [0.05, 0.1) is 21.4 Å². The third kappa shape index (κ3) is 9.59. The average Bonchev–Trinajstić information content (AvgIpc) is 3.01. The SMILES string of the molecule is CC(O)(CCl)CN(Cc1cccc(CN(CCc2ccc(F)cc2)S(=O)(=O)c2cc(Cl)cc(Cl)c2O)c1)S(=O)(=O)c1cccc(Cl)c1. The topological polar surface area (TPSA) is 115 Å². The van der Waals surface area contributed by atoms with Crippen LogP contribution in [0, 0.1) is 5.82 Å². The van der Waals surface area contributed by atoms with Crippen LogP contribution in [0.15, 0.2) is 94.7 Å². The number of phenols is 1. The highest BCUT2D eigenvalue weighted by Gasteiger charge is 2.33. The fraction of sp³-hybridized carbons (Fsp3) is 0.250. The van der Waals surface area contributed by atoms with Crippen LogP contribution in [-0.2, 0) is 39.6 Å². The van der Waals surface area contributed by atoms with Crippen molar-refractivity contribution in [2.75, 3.05) is 19.0 Å². The van der Waals surface area contributed by atoms with Gasteiger partial charge in [-0.15, -0.1) is 11.6 Å². The number of benzene rings is 4. The molecule has 15 heteroatoms. The highest BCUT2D eigenvalue weighted by Crippen LogP contribution is 2.36. The van der Waals surface area contributed by atoms with Gasteiger partial charge in [-0.25, -0.2) is 21.2 Å². The Balaban J connectivity index is 1.70. The summed E-state index contributed by atoms with van der Waals surface area (Å²) in [6, 6.07) is 20.3. The van der Waals surface area contributed by atoms with Crippen LogP contribution in [0.4, 0.5) is 4.39 Å². The molecule has 4 rings (SSSR count). The van der Waals surface area contributed by atoms with Crippen molar-refractivity contribution in [1.29, 1.82) is 0 Å². The summed E-state index contributed by atoms with van der Waals surface area (Å²) < 4.78 is 71.1. The van der Waals surface area contributed by atoms with Gasteiger partial charge in [-0.1, -0.05) is 77.3 Å². The van der Waals surface area contributed by atoms with Crippen LogP contribution in [-0.4, -0.2) is 60.2 Å². The van der Waals surface area contributed by atoms with Gasteiger partial charge in [0.25, 0.3) is 0 Å². The zero-order valence-corrected chi connectivity index (χ0v) is 29.6. The molecule has 4 aromatic rings. The zero-order valence-electron chi connectivity index (χ0n) is 25.0. The molecular formula is C32H31Cl4FN2O6S2. The summed E-state index contributed by atoms with van der Waals surface area (Å²) in [7, 11) is -8.58. The fourth-order valence-electron chi connectivity index (χ4n) is 4.73. The minimum absolute atomic E-state index is 0.000639. The number of hydrogen-bond acceptors (Lipinski definition) is 6. The first kappa shape index (κ1) is 37.4. The van der Waals surface area contributed by atoms with Crippen LogP contribution in [0.3, 0.4) is 0 Å². The second-order valence-corrected chi connectivity index (χ2v) is 16.5. The summed E-state index contributed by atoms with van der Waals surface area (Å²) in [6.45, 7) is 0.612. The number of hydrogen-bond donors (Lipinski definition) is 2. The predicted molar refractivity (Wildman–Crippen MR) is 183 cm³/mol. The van der Waals surface area contributed by atoms with E-state index in [4.69, 9.17) is 46.4 Å². The van der Waals surface area contributed by atoms with E-state index in [0.29, 0.717) is 16.7 Å². The van der Waals surface area contributed by atoms with E-state index < -0.39 is 42.1 Å². The van der Waals surface area contributed by atoms with Crippen LogP contribution < -0.4 is 0 Å². The molecule has 0 aromatic heterocycles. The lowest BCUT2D eigenvalue weighted by Crippen LogP contribution is -2.44. The molecule has 0 fully saturated rings. The van der Waals surface area contributed by atoms with E-state index in [1.807, 2.05) is 0 Å². The van der Waals surface area contributed by atoms with Gasteiger partial charge in [-0.3, -0.25) is 0 Å². The summed E-state index contributed by atoms with van der Waals surface area (Å²) in [6.07, 6.45) is 0.202. The molecule has 8 nitrogen and oxygen atoms in total. The first-order valence-electron chi connectivity index (χ1n) is 14.1. The monoisotopic (exact) mass is 762 g/mol. The normalized spacial score (nSPS) is 13.6. The number of halogens is 5. The molecular weight excluding hydrogens is 733 g/mol. The van der Waals surface area contributed by atoms with Crippen LogP contribution in [0.1, 0.15) is 23.6 Å². The summed E-state index contributed by atoms with van der Waals surface area (Å²) >= 11 is 24.2. The van der Waals surface area contributed by atoms with E-state index in [0.717, 1.165) is 14.7 Å². The van der Waals surface area contributed by atoms with Crippen LogP contribution in [0.5, 0.6) is 5.75 Å². The van der Waals surface area contributed by atoms with Crippen LogP contribution in [0.2, 0.25) is 15.1 Å². The molecule has 0 saturated carbocycles. The van der Waals surface area contributed by atoms with E-state index in [2.05, 4.69) is 0 Å². The average molecular weight is 765 g/mol. The number of aliphatic hydroxyl groups is 1. The molecule has 0 radical (unpaired) electrons. The van der Waals surface area contributed by atoms with Crippen LogP contribution in [0.25, 0.3) is 0 Å². The smallest absolute Gasteiger partial charge is 0.247 e. The van der Waals surface area contributed by atoms with Crippen molar-refractivity contribution < 1.29 is 31.4 Å². The minimum Gasteiger partial charge on any atom is -0.505 e. The van der Waals surface area contributed by atoms with Gasteiger partial charge in [0.15, 0.2) is 5.75 Å². The number of sulfonamides is 2. The quantitative estimate of drug-likeness (QED) is 0.133. The summed E-state index contributed by atoms with van der Waals surface area (Å²) in [5.74, 6) is -1.34. The van der Waals surface area contributed by atoms with E-state index in [-0.39, 0.29) is 58.4 Å². The number of alkyl halides is 1. The molecule has 0 bridgehead atoms. The zero-order chi connectivity index (χ0) is 34.6. The van der Waals surface area contributed by atoms with Gasteiger partial charge in [-0.2, -0.15) is 8.61 Å². The molecule has 1 atom stereocenters. The minimum atomic E-state index is -4.41. The number of nitrogens with zero attached hydrogens (tertiary/aromatic N) is 2. The lowest BCUT2D eigenvalue weighted by Gasteiger charge is -2.30. The molecule has 0 saturated heterocycles. The number of aromatic hydroxyl groups is 1. The Morgan fingerprint density at radius 1 is 0.766 bits per heavy atom. The lowest BCUT2D eigenvalue weighted by molar-refractivity contribution is 0.0610. The molecule has 1 unspecified atom stereocenters. The highest BCUT2D eigenvalue weighted by molar-refractivity contribution is 7.89. The molecule has 0 amide bonds. The Morgan fingerprint density at radius 2 is 1.38 bits per heavy atom. The second kappa shape index (κ2) is 15.4. The van der Waals surface area contributed by atoms with Crippen molar-refractivity contribution in [2.24, 2.45) is 0 Å². The third-order valence-corrected chi connectivity index (χ3v) is 12.1. The van der Waals surface area contributed by atoms with Crippen molar-refractivity contribution in [3.05, 3.63) is 123 Å². The fourth-order valence-corrected chi connectivity index (χ4v) is 8.83. The van der Waals surface area contributed by atoms with Crippen molar-refractivity contribution in [3.8, 4) is 5.75 Å². The van der Waals surface area contributed by atoms with Gasteiger partial charge in [0.1, 0.15) is 10.7 Å². The summed E-state index contributed by atoms with van der Waals surface area (Å²) in [5, 5.41) is 21.3. The van der Waals surface area contributed by atoms with Gasteiger partial charge in [-0.05, 0) is 72.5 Å². The molecule has 4 aromatic carbocycles. The Bertz CT molecular complexity index is 1950. The Kier molecular flexibility index (Phi) is 12.2. The van der Waals surface area contributed by atoms with Gasteiger partial charge < -0.3 is 10.2 Å². The molecule has 47 heavy (non-hydrogen) atoms. The second-order valence-electron chi connectivity index (χ2n) is 11.1. The number of rotatable bonds is 14. The van der Waals surface area contributed by atoms with E-state index >= 15 is 0 Å². The van der Waals surface area contributed by atoms with E-state index in [1.165, 1.54) is 49.4 Å². The lowest BCUT2D eigenvalue weighted by atomic mass is 10.1. The first-order valence-corrected chi connectivity index (χ1v) is 18.6.